The van der Waals surface area contributed by atoms with Crippen LogP contribution in [0.2, 0.25) is 0 Å². The van der Waals surface area contributed by atoms with Gasteiger partial charge in [0.05, 0.1) is 18.8 Å². The molecule has 0 spiro atoms. The van der Waals surface area contributed by atoms with Crippen molar-refractivity contribution in [3.8, 4) is 0 Å². The summed E-state index contributed by atoms with van der Waals surface area (Å²) in [4.78, 5) is 25.4. The minimum atomic E-state index is -0.616. The van der Waals surface area contributed by atoms with E-state index in [4.69, 9.17) is 9.47 Å². The Morgan fingerprint density at radius 3 is 1.96 bits per heavy atom. The van der Waals surface area contributed by atoms with Crippen molar-refractivity contribution in [2.75, 3.05) is 16.4 Å². The number of hydrogen-bond donors (Lipinski definition) is 3. The zero-order valence-corrected chi connectivity index (χ0v) is 31.9. The molecule has 1 aliphatic heterocycles. The predicted molar refractivity (Wildman–Crippen MR) is 210 cm³/mol. The first kappa shape index (κ1) is 40.6. The van der Waals surface area contributed by atoms with Gasteiger partial charge in [0, 0.05) is 46.8 Å². The number of aliphatic hydroxyl groups excluding tert-OH is 1. The molecule has 0 aromatic heterocycles. The molecule has 3 aromatic carbocycles. The van der Waals surface area contributed by atoms with Gasteiger partial charge in [-0.2, -0.15) is 0 Å². The number of carbonyl (C=O) groups excluding carboxylic acids is 2. The SMILES string of the molecule is CCCCCCCCCCCCCCCC(=O)Nc1cccc(C2OC(CSc3ccc(NC(C)=O)cc3)C(C)C(c3ccc(CO)cc3)O2)c1. The van der Waals surface area contributed by atoms with Crippen LogP contribution in [0.3, 0.4) is 0 Å². The quantitative estimate of drug-likeness (QED) is 0.0707. The van der Waals surface area contributed by atoms with Gasteiger partial charge in [0.1, 0.15) is 0 Å². The predicted octanol–water partition coefficient (Wildman–Crippen LogP) is 11.1. The van der Waals surface area contributed by atoms with Gasteiger partial charge >= 0.3 is 0 Å². The number of aliphatic hydroxyl groups is 1. The minimum absolute atomic E-state index is 0.00897. The molecule has 0 saturated carbocycles. The van der Waals surface area contributed by atoms with Gasteiger partial charge in [0.2, 0.25) is 11.8 Å². The van der Waals surface area contributed by atoms with Gasteiger partial charge in [0.15, 0.2) is 6.29 Å². The molecule has 4 atom stereocenters. The highest BCUT2D eigenvalue weighted by Crippen LogP contribution is 2.43. The van der Waals surface area contributed by atoms with E-state index in [2.05, 4.69) is 24.5 Å². The van der Waals surface area contributed by atoms with Crippen LogP contribution >= 0.6 is 11.8 Å². The Morgan fingerprint density at radius 1 is 0.725 bits per heavy atom. The zero-order chi connectivity index (χ0) is 36.3. The van der Waals surface area contributed by atoms with Crippen molar-refractivity contribution in [3.63, 3.8) is 0 Å². The molecule has 0 aliphatic carbocycles. The lowest BCUT2D eigenvalue weighted by Crippen LogP contribution is -2.38. The monoisotopic (exact) mass is 716 g/mol. The number of hydrogen-bond acceptors (Lipinski definition) is 6. The summed E-state index contributed by atoms with van der Waals surface area (Å²) in [6.07, 6.45) is 16.2. The molecule has 0 radical (unpaired) electrons. The third kappa shape index (κ3) is 14.4. The molecule has 3 N–H and O–H groups in total. The smallest absolute Gasteiger partial charge is 0.224 e. The van der Waals surface area contributed by atoms with E-state index in [-0.39, 0.29) is 36.5 Å². The van der Waals surface area contributed by atoms with Crippen LogP contribution in [0.15, 0.2) is 77.7 Å². The van der Waals surface area contributed by atoms with Crippen LogP contribution < -0.4 is 10.6 Å². The standard InChI is InChI=1S/C43H60N2O5S/c1-4-5-6-7-8-9-10-11-12-13-14-15-16-20-41(48)45-38-19-17-18-36(29-38)43-49-40(31-51-39-27-25-37(26-28-39)44-33(3)47)32(2)42(50-43)35-23-21-34(30-46)22-24-35/h17-19,21-29,32,40,42-43,46H,4-16,20,30-31H2,1-3H3,(H,44,47)(H,45,48). The second kappa shape index (κ2) is 22.7. The highest BCUT2D eigenvalue weighted by atomic mass is 32.2. The molecule has 2 amide bonds. The van der Waals surface area contributed by atoms with E-state index in [0.29, 0.717) is 12.2 Å². The van der Waals surface area contributed by atoms with Crippen LogP contribution in [-0.2, 0) is 25.7 Å². The molecule has 7 nitrogen and oxygen atoms in total. The van der Waals surface area contributed by atoms with Crippen molar-refractivity contribution in [1.29, 1.82) is 0 Å². The molecule has 278 valence electrons. The number of nitrogens with one attached hydrogen (secondary N) is 2. The third-order valence-electron chi connectivity index (χ3n) is 9.66. The largest absolute Gasteiger partial charge is 0.392 e. The van der Waals surface area contributed by atoms with Gasteiger partial charge in [-0.25, -0.2) is 0 Å². The molecular weight excluding hydrogens is 657 g/mol. The van der Waals surface area contributed by atoms with Crippen LogP contribution in [-0.4, -0.2) is 28.8 Å². The zero-order valence-electron chi connectivity index (χ0n) is 31.0. The molecule has 8 heteroatoms. The summed E-state index contributed by atoms with van der Waals surface area (Å²) >= 11 is 1.71. The van der Waals surface area contributed by atoms with Crippen LogP contribution in [0.5, 0.6) is 0 Å². The Balaban J connectivity index is 1.28. The number of unbranched alkanes of at least 4 members (excludes halogenated alkanes) is 12. The summed E-state index contributed by atoms with van der Waals surface area (Å²) in [6, 6.07) is 23.5. The lowest BCUT2D eigenvalue weighted by molar-refractivity contribution is -0.268. The Labute approximate surface area is 310 Å². The van der Waals surface area contributed by atoms with Crippen LogP contribution in [0, 0.1) is 5.92 Å². The Morgan fingerprint density at radius 2 is 1.35 bits per heavy atom. The Hall–Kier alpha value is -3.17. The second-order valence-corrected chi connectivity index (χ2v) is 15.1. The first-order valence-corrected chi connectivity index (χ1v) is 20.3. The number of rotatable bonds is 22. The molecule has 1 saturated heterocycles. The van der Waals surface area contributed by atoms with Crippen molar-refractivity contribution in [3.05, 3.63) is 89.5 Å². The fraction of sp³-hybridized carbons (Fsp3) is 0.535. The number of amides is 2. The summed E-state index contributed by atoms with van der Waals surface area (Å²) in [7, 11) is 0. The first-order valence-electron chi connectivity index (χ1n) is 19.3. The van der Waals surface area contributed by atoms with Gasteiger partial charge in [-0.05, 0) is 53.9 Å². The van der Waals surface area contributed by atoms with Crippen LogP contribution in [0.1, 0.15) is 140 Å². The maximum atomic E-state index is 12.9. The second-order valence-electron chi connectivity index (χ2n) is 14.0. The van der Waals surface area contributed by atoms with Gasteiger partial charge in [-0.15, -0.1) is 11.8 Å². The summed E-state index contributed by atoms with van der Waals surface area (Å²) < 4.78 is 13.3. The fourth-order valence-electron chi connectivity index (χ4n) is 6.62. The number of anilines is 2. The molecule has 51 heavy (non-hydrogen) atoms. The van der Waals surface area contributed by atoms with Gasteiger partial charge in [0.25, 0.3) is 0 Å². The average molecular weight is 717 g/mol. The summed E-state index contributed by atoms with van der Waals surface area (Å²) in [5.41, 5.74) is 4.25. The van der Waals surface area contributed by atoms with Crippen LogP contribution in [0.4, 0.5) is 11.4 Å². The highest BCUT2D eigenvalue weighted by Gasteiger charge is 2.38. The number of carbonyl (C=O) groups is 2. The minimum Gasteiger partial charge on any atom is -0.392 e. The molecule has 3 aromatic rings. The van der Waals surface area contributed by atoms with Gasteiger partial charge in [-0.3, -0.25) is 9.59 Å². The van der Waals surface area contributed by atoms with E-state index < -0.39 is 6.29 Å². The molecule has 4 rings (SSSR count). The number of ether oxygens (including phenoxy) is 2. The molecular formula is C43H60N2O5S. The van der Waals surface area contributed by atoms with Crippen molar-refractivity contribution < 1.29 is 24.2 Å². The maximum absolute atomic E-state index is 12.9. The molecule has 1 fully saturated rings. The highest BCUT2D eigenvalue weighted by molar-refractivity contribution is 7.99. The summed E-state index contributed by atoms with van der Waals surface area (Å²) in [5.74, 6) is 0.703. The average Bonchev–Trinajstić information content (AvgIpc) is 3.13. The fourth-order valence-corrected chi connectivity index (χ4v) is 7.68. The van der Waals surface area contributed by atoms with Crippen molar-refractivity contribution in [2.45, 2.75) is 141 Å². The van der Waals surface area contributed by atoms with Gasteiger partial charge in [-0.1, -0.05) is 127 Å². The van der Waals surface area contributed by atoms with E-state index in [9.17, 15) is 14.7 Å². The van der Waals surface area contributed by atoms with Gasteiger partial charge < -0.3 is 25.2 Å². The molecule has 0 bridgehead atoms. The maximum Gasteiger partial charge on any atom is 0.224 e. The van der Waals surface area contributed by atoms with E-state index in [0.717, 1.165) is 45.8 Å². The molecule has 1 heterocycles. The lowest BCUT2D eigenvalue weighted by Gasteiger charge is -2.41. The lowest BCUT2D eigenvalue weighted by atomic mass is 9.91. The normalized spacial score (nSPS) is 18.7. The molecule has 1 aliphatic rings. The Kier molecular flexibility index (Phi) is 18.1. The Bertz CT molecular complexity index is 1450. The van der Waals surface area contributed by atoms with E-state index >= 15 is 0 Å². The van der Waals surface area contributed by atoms with E-state index in [1.807, 2.05) is 72.8 Å². The number of thioether (sulfide) groups is 1. The molecule has 4 unspecified atom stereocenters. The summed E-state index contributed by atoms with van der Waals surface area (Å²) in [5, 5.41) is 15.5. The summed E-state index contributed by atoms with van der Waals surface area (Å²) in [6.45, 7) is 5.91. The third-order valence-corrected chi connectivity index (χ3v) is 10.8. The number of benzene rings is 3. The topological polar surface area (TPSA) is 96.9 Å². The van der Waals surface area contributed by atoms with E-state index in [1.54, 1.807) is 11.8 Å². The van der Waals surface area contributed by atoms with E-state index in [1.165, 1.54) is 77.6 Å². The van der Waals surface area contributed by atoms with Crippen LogP contribution in [0.25, 0.3) is 0 Å². The van der Waals surface area contributed by atoms with Crippen molar-refractivity contribution in [1.82, 2.24) is 0 Å². The first-order chi connectivity index (χ1) is 24.9. The van der Waals surface area contributed by atoms with Crippen molar-refractivity contribution >= 4 is 35.0 Å². The van der Waals surface area contributed by atoms with Crippen molar-refractivity contribution in [2.24, 2.45) is 5.92 Å².